The molecule has 0 amide bonds. The molecule has 0 aliphatic heterocycles. The molecule has 0 saturated heterocycles. The maximum absolute atomic E-state index is 12.3. The summed E-state index contributed by atoms with van der Waals surface area (Å²) < 4.78 is 6.70. The van der Waals surface area contributed by atoms with E-state index in [9.17, 15) is 9.90 Å². The lowest BCUT2D eigenvalue weighted by Crippen LogP contribution is -2.33. The number of ether oxygens (including phenoxy) is 1. The van der Waals surface area contributed by atoms with E-state index in [0.29, 0.717) is 23.6 Å². The number of nitrogens with zero attached hydrogens (tertiary/aromatic N) is 2. The van der Waals surface area contributed by atoms with Crippen LogP contribution in [0.3, 0.4) is 0 Å². The fraction of sp³-hybridized carbons (Fsp3) is 0.375. The number of aromatic nitrogens is 2. The first kappa shape index (κ1) is 15.3. The fourth-order valence-corrected chi connectivity index (χ4v) is 2.18. The van der Waals surface area contributed by atoms with Crippen molar-refractivity contribution in [3.8, 4) is 17.0 Å². The van der Waals surface area contributed by atoms with Crippen molar-refractivity contribution in [2.45, 2.75) is 32.9 Å². The Balaban J connectivity index is 2.73. The zero-order valence-electron chi connectivity index (χ0n) is 12.8. The number of benzene rings is 1. The van der Waals surface area contributed by atoms with Gasteiger partial charge in [0.2, 0.25) is 0 Å². The Morgan fingerprint density at radius 2 is 2.00 bits per heavy atom. The van der Waals surface area contributed by atoms with Crippen LogP contribution >= 0.6 is 0 Å². The maximum atomic E-state index is 12.3. The summed E-state index contributed by atoms with van der Waals surface area (Å²) in [7, 11) is 1.59. The lowest BCUT2D eigenvalue weighted by Gasteiger charge is -2.19. The minimum Gasteiger partial charge on any atom is -0.496 e. The molecule has 0 fully saturated rings. The highest BCUT2D eigenvalue weighted by molar-refractivity contribution is 5.67. The average Bonchev–Trinajstić information content (AvgIpc) is 2.46. The first-order valence-electron chi connectivity index (χ1n) is 6.87. The monoisotopic (exact) mass is 288 g/mol. The lowest BCUT2D eigenvalue weighted by molar-refractivity contribution is 0.0762. The number of hydrogen-bond acceptors (Lipinski definition) is 4. The second kappa shape index (κ2) is 5.69. The fourth-order valence-electron chi connectivity index (χ4n) is 2.18. The van der Waals surface area contributed by atoms with Crippen LogP contribution in [0.1, 0.15) is 26.3 Å². The minimum absolute atomic E-state index is 0.274. The summed E-state index contributed by atoms with van der Waals surface area (Å²) in [6.45, 7) is 5.46. The summed E-state index contributed by atoms with van der Waals surface area (Å²) in [5.74, 6) is 0.674. The molecule has 21 heavy (non-hydrogen) atoms. The number of aliphatic hydroxyl groups is 1. The van der Waals surface area contributed by atoms with Crippen molar-refractivity contribution in [3.05, 3.63) is 46.2 Å². The van der Waals surface area contributed by atoms with Gasteiger partial charge in [0, 0.05) is 12.1 Å². The molecule has 0 aliphatic carbocycles. The largest absolute Gasteiger partial charge is 0.496 e. The van der Waals surface area contributed by atoms with Crippen molar-refractivity contribution >= 4 is 0 Å². The van der Waals surface area contributed by atoms with Crippen LogP contribution in [-0.4, -0.2) is 22.0 Å². The summed E-state index contributed by atoms with van der Waals surface area (Å²) in [5.41, 5.74) is 0.205. The highest BCUT2D eigenvalue weighted by Crippen LogP contribution is 2.29. The van der Waals surface area contributed by atoms with Crippen LogP contribution in [0.15, 0.2) is 35.1 Å². The molecule has 0 saturated carbocycles. The smallest absolute Gasteiger partial charge is 0.272 e. The quantitative estimate of drug-likeness (QED) is 0.936. The number of methoxy groups -OCH3 is 1. The Morgan fingerprint density at radius 3 is 2.57 bits per heavy atom. The SMILES string of the molecule is CCn1nc(-c2ccccc2OC)cc(C(C)(C)O)c1=O. The van der Waals surface area contributed by atoms with Gasteiger partial charge in [-0.1, -0.05) is 12.1 Å². The van der Waals surface area contributed by atoms with E-state index in [1.54, 1.807) is 27.0 Å². The molecule has 2 rings (SSSR count). The first-order valence-corrected chi connectivity index (χ1v) is 6.87. The van der Waals surface area contributed by atoms with Gasteiger partial charge in [-0.3, -0.25) is 4.79 Å². The Labute approximate surface area is 123 Å². The molecule has 112 valence electrons. The third-order valence-corrected chi connectivity index (χ3v) is 3.32. The molecule has 1 aromatic carbocycles. The van der Waals surface area contributed by atoms with Gasteiger partial charge in [-0.2, -0.15) is 5.10 Å². The van der Waals surface area contributed by atoms with Gasteiger partial charge >= 0.3 is 0 Å². The van der Waals surface area contributed by atoms with Gasteiger partial charge in [-0.15, -0.1) is 0 Å². The van der Waals surface area contributed by atoms with E-state index >= 15 is 0 Å². The lowest BCUT2D eigenvalue weighted by atomic mass is 9.98. The molecular formula is C16H20N2O3. The van der Waals surface area contributed by atoms with Gasteiger partial charge in [0.15, 0.2) is 0 Å². The molecule has 1 aromatic heterocycles. The number of aryl methyl sites for hydroxylation is 1. The zero-order valence-corrected chi connectivity index (χ0v) is 12.8. The molecule has 0 spiro atoms. The average molecular weight is 288 g/mol. The Kier molecular flexibility index (Phi) is 4.14. The molecule has 2 aromatic rings. The second-order valence-corrected chi connectivity index (χ2v) is 5.32. The molecule has 5 heteroatoms. The van der Waals surface area contributed by atoms with Gasteiger partial charge in [0.1, 0.15) is 5.75 Å². The van der Waals surface area contributed by atoms with E-state index in [0.717, 1.165) is 5.56 Å². The van der Waals surface area contributed by atoms with Crippen LogP contribution in [0.25, 0.3) is 11.3 Å². The minimum atomic E-state index is -1.23. The van der Waals surface area contributed by atoms with Crippen molar-refractivity contribution in [1.29, 1.82) is 0 Å². The molecule has 0 atom stereocenters. The number of para-hydroxylation sites is 1. The molecule has 0 unspecified atom stereocenters. The van der Waals surface area contributed by atoms with Crippen LogP contribution < -0.4 is 10.3 Å². The van der Waals surface area contributed by atoms with E-state index in [1.165, 1.54) is 4.68 Å². The van der Waals surface area contributed by atoms with E-state index in [-0.39, 0.29) is 5.56 Å². The predicted octanol–water partition coefficient (Wildman–Crippen LogP) is 2.17. The third-order valence-electron chi connectivity index (χ3n) is 3.32. The van der Waals surface area contributed by atoms with Gasteiger partial charge < -0.3 is 9.84 Å². The molecule has 5 nitrogen and oxygen atoms in total. The van der Waals surface area contributed by atoms with Crippen LogP contribution in [0.5, 0.6) is 5.75 Å². The van der Waals surface area contributed by atoms with Crippen molar-refractivity contribution in [2.75, 3.05) is 7.11 Å². The van der Waals surface area contributed by atoms with E-state index in [4.69, 9.17) is 4.74 Å². The summed E-state index contributed by atoms with van der Waals surface area (Å²) in [6, 6.07) is 9.09. The summed E-state index contributed by atoms with van der Waals surface area (Å²) >= 11 is 0. The Morgan fingerprint density at radius 1 is 1.33 bits per heavy atom. The summed E-state index contributed by atoms with van der Waals surface area (Å²) in [5, 5.41) is 14.6. The van der Waals surface area contributed by atoms with Crippen LogP contribution in [-0.2, 0) is 12.1 Å². The molecule has 0 bridgehead atoms. The second-order valence-electron chi connectivity index (χ2n) is 5.32. The highest BCUT2D eigenvalue weighted by atomic mass is 16.5. The number of rotatable bonds is 4. The Bertz CT molecular complexity index is 699. The highest BCUT2D eigenvalue weighted by Gasteiger charge is 2.23. The number of hydrogen-bond donors (Lipinski definition) is 1. The molecular weight excluding hydrogens is 268 g/mol. The van der Waals surface area contributed by atoms with Crippen molar-refractivity contribution in [3.63, 3.8) is 0 Å². The van der Waals surface area contributed by atoms with Crippen molar-refractivity contribution in [2.24, 2.45) is 0 Å². The summed E-state index contributed by atoms with van der Waals surface area (Å²) in [4.78, 5) is 12.3. The maximum Gasteiger partial charge on any atom is 0.272 e. The molecule has 1 N–H and O–H groups in total. The normalized spacial score (nSPS) is 11.5. The van der Waals surface area contributed by atoms with Crippen LogP contribution in [0.4, 0.5) is 0 Å². The molecule has 0 aliphatic rings. The molecule has 1 heterocycles. The van der Waals surface area contributed by atoms with E-state index in [1.807, 2.05) is 31.2 Å². The zero-order chi connectivity index (χ0) is 15.6. The standard InChI is InChI=1S/C16H20N2O3/c1-5-18-15(19)12(16(2,3)20)10-13(17-18)11-8-6-7-9-14(11)21-4/h6-10,20H,5H2,1-4H3. The van der Waals surface area contributed by atoms with Gasteiger partial charge in [-0.05, 0) is 39.0 Å². The van der Waals surface area contributed by atoms with Gasteiger partial charge in [0.05, 0.1) is 24.0 Å². The first-order chi connectivity index (χ1) is 9.88. The summed E-state index contributed by atoms with van der Waals surface area (Å²) in [6.07, 6.45) is 0. The van der Waals surface area contributed by atoms with Crippen LogP contribution in [0, 0.1) is 0 Å². The van der Waals surface area contributed by atoms with Gasteiger partial charge in [0.25, 0.3) is 5.56 Å². The topological polar surface area (TPSA) is 64.3 Å². The van der Waals surface area contributed by atoms with E-state index < -0.39 is 5.60 Å². The van der Waals surface area contributed by atoms with Gasteiger partial charge in [-0.25, -0.2) is 4.68 Å². The van der Waals surface area contributed by atoms with Crippen molar-refractivity contribution < 1.29 is 9.84 Å². The Hall–Kier alpha value is -2.14. The predicted molar refractivity (Wildman–Crippen MR) is 81.4 cm³/mol. The van der Waals surface area contributed by atoms with Crippen molar-refractivity contribution in [1.82, 2.24) is 9.78 Å². The molecule has 0 radical (unpaired) electrons. The van der Waals surface area contributed by atoms with E-state index in [2.05, 4.69) is 5.10 Å². The third kappa shape index (κ3) is 2.97. The van der Waals surface area contributed by atoms with Crippen LogP contribution in [0.2, 0.25) is 0 Å².